The van der Waals surface area contributed by atoms with Gasteiger partial charge in [0, 0.05) is 17.0 Å². The fourth-order valence-corrected chi connectivity index (χ4v) is 2.61. The molecule has 0 aliphatic carbocycles. The summed E-state index contributed by atoms with van der Waals surface area (Å²) in [6.07, 6.45) is -0.629. The Bertz CT molecular complexity index is 657. The van der Waals surface area contributed by atoms with Crippen LogP contribution in [0.2, 0.25) is 5.02 Å². The van der Waals surface area contributed by atoms with Gasteiger partial charge in [-0.3, -0.25) is 0 Å². The normalized spacial score (nSPS) is 21.2. The fourth-order valence-electron chi connectivity index (χ4n) is 2.43. The van der Waals surface area contributed by atoms with Crippen molar-refractivity contribution in [2.75, 3.05) is 0 Å². The second-order valence-corrected chi connectivity index (χ2v) is 5.49. The first-order valence-electron chi connectivity index (χ1n) is 6.45. The fraction of sp³-hybridized carbons (Fsp3) is 0.250. The predicted molar refractivity (Wildman–Crippen MR) is 75.5 cm³/mol. The molecule has 2 nitrogen and oxygen atoms in total. The van der Waals surface area contributed by atoms with Gasteiger partial charge in [-0.25, -0.2) is 4.39 Å². The Labute approximate surface area is 121 Å². The Kier molecular flexibility index (Phi) is 3.40. The minimum atomic E-state index is -0.660. The molecule has 2 atom stereocenters. The van der Waals surface area contributed by atoms with Gasteiger partial charge >= 0.3 is 0 Å². The van der Waals surface area contributed by atoms with Crippen molar-refractivity contribution in [3.8, 4) is 5.75 Å². The van der Waals surface area contributed by atoms with Gasteiger partial charge in [0.2, 0.25) is 0 Å². The second-order valence-electron chi connectivity index (χ2n) is 5.05. The molecule has 0 radical (unpaired) electrons. The number of aliphatic hydroxyl groups excluding tert-OH is 1. The zero-order chi connectivity index (χ0) is 14.3. The number of fused-ring (bicyclic) bond motifs is 1. The van der Waals surface area contributed by atoms with Crippen molar-refractivity contribution in [3.63, 3.8) is 0 Å². The van der Waals surface area contributed by atoms with Crippen LogP contribution in [0.15, 0.2) is 36.4 Å². The minimum absolute atomic E-state index is 0.262. The molecule has 0 fully saturated rings. The topological polar surface area (TPSA) is 29.5 Å². The zero-order valence-electron chi connectivity index (χ0n) is 10.9. The van der Waals surface area contributed by atoms with Crippen molar-refractivity contribution < 1.29 is 14.2 Å². The van der Waals surface area contributed by atoms with Crippen molar-refractivity contribution in [2.45, 2.75) is 25.6 Å². The van der Waals surface area contributed by atoms with Gasteiger partial charge in [0.05, 0.1) is 6.10 Å². The van der Waals surface area contributed by atoms with E-state index in [0.717, 1.165) is 5.56 Å². The summed E-state index contributed by atoms with van der Waals surface area (Å²) >= 11 is 5.92. The average Bonchev–Trinajstić information content (AvgIpc) is 2.42. The van der Waals surface area contributed by atoms with E-state index in [4.69, 9.17) is 16.3 Å². The van der Waals surface area contributed by atoms with Crippen molar-refractivity contribution in [3.05, 3.63) is 63.9 Å². The van der Waals surface area contributed by atoms with Crippen LogP contribution < -0.4 is 4.74 Å². The van der Waals surface area contributed by atoms with E-state index in [2.05, 4.69) is 0 Å². The average molecular weight is 293 g/mol. The number of halogens is 2. The first kappa shape index (κ1) is 13.4. The Morgan fingerprint density at radius 3 is 2.80 bits per heavy atom. The van der Waals surface area contributed by atoms with Crippen LogP contribution in [0.5, 0.6) is 5.75 Å². The Balaban J connectivity index is 1.94. The van der Waals surface area contributed by atoms with Crippen LogP contribution >= 0.6 is 11.6 Å². The highest BCUT2D eigenvalue weighted by molar-refractivity contribution is 6.30. The first-order valence-corrected chi connectivity index (χ1v) is 6.82. The Hall–Kier alpha value is -1.58. The lowest BCUT2D eigenvalue weighted by atomic mass is 9.94. The van der Waals surface area contributed by atoms with E-state index in [1.807, 2.05) is 6.07 Å². The highest BCUT2D eigenvalue weighted by atomic mass is 35.5. The maximum absolute atomic E-state index is 13.6. The van der Waals surface area contributed by atoms with Gasteiger partial charge in [-0.15, -0.1) is 0 Å². The summed E-state index contributed by atoms with van der Waals surface area (Å²) in [5, 5.41) is 10.8. The molecule has 0 saturated heterocycles. The molecule has 1 aliphatic rings. The molecule has 0 bridgehead atoms. The summed E-state index contributed by atoms with van der Waals surface area (Å²) in [6.45, 7) is 1.72. The maximum atomic E-state index is 13.6. The van der Waals surface area contributed by atoms with Crippen LogP contribution in [-0.4, -0.2) is 5.11 Å². The molecule has 1 aliphatic heterocycles. The van der Waals surface area contributed by atoms with E-state index in [-0.39, 0.29) is 11.9 Å². The van der Waals surface area contributed by atoms with Gasteiger partial charge in [-0.05, 0) is 42.3 Å². The maximum Gasteiger partial charge on any atom is 0.127 e. The van der Waals surface area contributed by atoms with Gasteiger partial charge in [0.1, 0.15) is 17.7 Å². The number of hydrogen-bond donors (Lipinski definition) is 1. The first-order chi connectivity index (χ1) is 9.54. The molecular weight excluding hydrogens is 279 g/mol. The number of aliphatic hydroxyl groups is 1. The van der Waals surface area contributed by atoms with Crippen molar-refractivity contribution in [2.24, 2.45) is 0 Å². The molecule has 2 aromatic rings. The standard InChI is InChI=1S/C16H14ClFO2/c1-9-2-3-10(6-13(9)18)16-8-14(19)12-7-11(17)4-5-15(12)20-16/h2-7,14,16,19H,8H2,1H3. The Morgan fingerprint density at radius 2 is 2.05 bits per heavy atom. The molecule has 4 heteroatoms. The third-order valence-electron chi connectivity index (χ3n) is 3.61. The van der Waals surface area contributed by atoms with Crippen molar-refractivity contribution >= 4 is 11.6 Å². The molecule has 2 unspecified atom stereocenters. The van der Waals surface area contributed by atoms with Crippen molar-refractivity contribution in [1.82, 2.24) is 0 Å². The number of benzene rings is 2. The number of hydrogen-bond acceptors (Lipinski definition) is 2. The van der Waals surface area contributed by atoms with Crippen LogP contribution in [0, 0.1) is 12.7 Å². The zero-order valence-corrected chi connectivity index (χ0v) is 11.7. The van der Waals surface area contributed by atoms with Gasteiger partial charge in [0.15, 0.2) is 0 Å². The van der Waals surface area contributed by atoms with Crippen LogP contribution in [0.1, 0.15) is 35.3 Å². The summed E-state index contributed by atoms with van der Waals surface area (Å²) in [5.74, 6) is 0.335. The summed E-state index contributed by atoms with van der Waals surface area (Å²) in [6, 6.07) is 10.2. The van der Waals surface area contributed by atoms with Crippen LogP contribution in [-0.2, 0) is 0 Å². The van der Waals surface area contributed by atoms with Gasteiger partial charge in [0.25, 0.3) is 0 Å². The van der Waals surface area contributed by atoms with Gasteiger partial charge in [-0.2, -0.15) is 0 Å². The minimum Gasteiger partial charge on any atom is -0.485 e. The van der Waals surface area contributed by atoms with E-state index >= 15 is 0 Å². The third-order valence-corrected chi connectivity index (χ3v) is 3.84. The molecule has 20 heavy (non-hydrogen) atoms. The molecule has 2 aromatic carbocycles. The summed E-state index contributed by atoms with van der Waals surface area (Å²) in [5.41, 5.74) is 2.01. The molecule has 1 heterocycles. The largest absolute Gasteiger partial charge is 0.485 e. The quantitative estimate of drug-likeness (QED) is 0.847. The predicted octanol–water partition coefficient (Wildman–Crippen LogP) is 4.34. The molecule has 0 aromatic heterocycles. The van der Waals surface area contributed by atoms with E-state index in [0.29, 0.717) is 28.3 Å². The molecule has 1 N–H and O–H groups in total. The molecule has 3 rings (SSSR count). The lowest BCUT2D eigenvalue weighted by Crippen LogP contribution is -2.19. The van der Waals surface area contributed by atoms with Crippen LogP contribution in [0.4, 0.5) is 4.39 Å². The van der Waals surface area contributed by atoms with E-state index in [1.165, 1.54) is 6.07 Å². The molecule has 0 spiro atoms. The van der Waals surface area contributed by atoms with E-state index in [9.17, 15) is 9.50 Å². The van der Waals surface area contributed by atoms with Crippen LogP contribution in [0.25, 0.3) is 0 Å². The number of rotatable bonds is 1. The third kappa shape index (κ3) is 2.39. The lowest BCUT2D eigenvalue weighted by molar-refractivity contribution is 0.0656. The Morgan fingerprint density at radius 1 is 1.25 bits per heavy atom. The van der Waals surface area contributed by atoms with E-state index in [1.54, 1.807) is 31.2 Å². The molecular formula is C16H14ClFO2. The summed E-state index contributed by atoms with van der Waals surface area (Å²) in [7, 11) is 0. The highest BCUT2D eigenvalue weighted by Gasteiger charge is 2.28. The molecule has 0 amide bonds. The monoisotopic (exact) mass is 292 g/mol. The van der Waals surface area contributed by atoms with Crippen LogP contribution in [0.3, 0.4) is 0 Å². The SMILES string of the molecule is Cc1ccc(C2CC(O)c3cc(Cl)ccc3O2)cc1F. The van der Waals surface area contributed by atoms with E-state index < -0.39 is 6.10 Å². The summed E-state index contributed by atoms with van der Waals surface area (Å²) < 4.78 is 19.5. The van der Waals surface area contributed by atoms with Gasteiger partial charge in [-0.1, -0.05) is 23.7 Å². The highest BCUT2D eigenvalue weighted by Crippen LogP contribution is 2.41. The lowest BCUT2D eigenvalue weighted by Gasteiger charge is -2.30. The molecule has 104 valence electrons. The number of ether oxygens (including phenoxy) is 1. The molecule has 0 saturated carbocycles. The van der Waals surface area contributed by atoms with Crippen molar-refractivity contribution in [1.29, 1.82) is 0 Å². The smallest absolute Gasteiger partial charge is 0.127 e. The second kappa shape index (κ2) is 5.08. The van der Waals surface area contributed by atoms with Gasteiger partial charge < -0.3 is 9.84 Å². The number of aryl methyl sites for hydroxylation is 1. The summed E-state index contributed by atoms with van der Waals surface area (Å²) in [4.78, 5) is 0.